The van der Waals surface area contributed by atoms with Gasteiger partial charge in [-0.25, -0.2) is 0 Å². The van der Waals surface area contributed by atoms with E-state index in [1.54, 1.807) is 0 Å². The maximum absolute atomic E-state index is 4.75. The van der Waals surface area contributed by atoms with Gasteiger partial charge in [-0.15, -0.1) is 22.7 Å². The maximum atomic E-state index is 4.75. The van der Waals surface area contributed by atoms with Gasteiger partial charge < -0.3 is 0 Å². The number of thiophene rings is 2. The van der Waals surface area contributed by atoms with Crippen molar-refractivity contribution in [2.75, 3.05) is 0 Å². The van der Waals surface area contributed by atoms with Crippen molar-refractivity contribution in [1.82, 2.24) is 8.75 Å². The number of aryl methyl sites for hydroxylation is 4. The van der Waals surface area contributed by atoms with Crippen LogP contribution in [0.3, 0.4) is 0 Å². The Labute approximate surface area is 211 Å². The van der Waals surface area contributed by atoms with Gasteiger partial charge in [-0.2, -0.15) is 8.75 Å². The highest BCUT2D eigenvalue weighted by Crippen LogP contribution is 2.41. The molecule has 4 aromatic rings. The largest absolute Gasteiger partial charge is 0.172 e. The van der Waals surface area contributed by atoms with Crippen LogP contribution in [0.15, 0.2) is 24.3 Å². The van der Waals surface area contributed by atoms with Crippen molar-refractivity contribution in [1.29, 1.82) is 0 Å². The molecule has 33 heavy (non-hydrogen) atoms. The Hall–Kier alpha value is -1.56. The van der Waals surface area contributed by atoms with E-state index in [9.17, 15) is 0 Å². The fourth-order valence-corrected chi connectivity index (χ4v) is 7.32. The number of unbranched alkanes of at least 4 members (excludes halogenated alkanes) is 6. The summed E-state index contributed by atoms with van der Waals surface area (Å²) < 4.78 is 9.50. The van der Waals surface area contributed by atoms with Gasteiger partial charge >= 0.3 is 0 Å². The van der Waals surface area contributed by atoms with E-state index in [4.69, 9.17) is 8.75 Å². The van der Waals surface area contributed by atoms with Crippen LogP contribution in [0.5, 0.6) is 0 Å². The van der Waals surface area contributed by atoms with Gasteiger partial charge in [-0.05, 0) is 62.8 Å². The van der Waals surface area contributed by atoms with Crippen LogP contribution in [-0.4, -0.2) is 8.75 Å². The molecule has 176 valence electrons. The van der Waals surface area contributed by atoms with E-state index >= 15 is 0 Å². The van der Waals surface area contributed by atoms with Crippen molar-refractivity contribution in [2.24, 2.45) is 0 Å². The molecular formula is C28H36N2S3. The zero-order valence-electron chi connectivity index (χ0n) is 20.5. The Morgan fingerprint density at radius 1 is 0.636 bits per heavy atom. The summed E-state index contributed by atoms with van der Waals surface area (Å²) in [5.41, 5.74) is 7.62. The molecule has 2 nitrogen and oxygen atoms in total. The van der Waals surface area contributed by atoms with Crippen molar-refractivity contribution in [2.45, 2.75) is 91.9 Å². The molecule has 3 aromatic heterocycles. The van der Waals surface area contributed by atoms with Crippen LogP contribution in [0.2, 0.25) is 0 Å². The molecule has 0 unspecified atom stereocenters. The average Bonchev–Trinajstić information content (AvgIpc) is 3.53. The summed E-state index contributed by atoms with van der Waals surface area (Å²) in [5.74, 6) is 0. The van der Waals surface area contributed by atoms with Crippen LogP contribution in [-0.2, 0) is 12.8 Å². The highest BCUT2D eigenvalue weighted by Gasteiger charge is 2.18. The van der Waals surface area contributed by atoms with Gasteiger partial charge in [0.05, 0.1) is 11.7 Å². The summed E-state index contributed by atoms with van der Waals surface area (Å²) in [4.78, 5) is 5.56. The van der Waals surface area contributed by atoms with Gasteiger partial charge in [0.15, 0.2) is 0 Å². The summed E-state index contributed by atoms with van der Waals surface area (Å²) >= 11 is 5.16. The fourth-order valence-electron chi connectivity index (χ4n) is 4.55. The summed E-state index contributed by atoms with van der Waals surface area (Å²) in [6, 6.07) is 9.37. The van der Waals surface area contributed by atoms with Crippen LogP contribution in [0.1, 0.15) is 86.1 Å². The number of nitrogens with zero attached hydrogens (tertiary/aromatic N) is 2. The predicted molar refractivity (Wildman–Crippen MR) is 149 cm³/mol. The lowest BCUT2D eigenvalue weighted by Gasteiger charge is -2.03. The minimum absolute atomic E-state index is 1.06. The molecule has 3 heterocycles. The van der Waals surface area contributed by atoms with Crippen molar-refractivity contribution >= 4 is 45.4 Å². The van der Waals surface area contributed by atoms with Crippen molar-refractivity contribution in [3.05, 3.63) is 45.1 Å². The van der Waals surface area contributed by atoms with Crippen LogP contribution in [0.25, 0.3) is 31.9 Å². The smallest absolute Gasteiger partial charge is 0.114 e. The van der Waals surface area contributed by atoms with E-state index in [0.29, 0.717) is 0 Å². The standard InChI is InChI=1S/C28H36N2S3/c1-5-7-9-11-13-21-17-25(31-19(21)3)23-15-16-24(28-27(23)29-33-30-28)26-18-22(20(4)32-26)14-12-10-8-6-2/h15-18H,5-14H2,1-4H3. The SMILES string of the molecule is CCCCCCc1cc(-c2ccc(-c3cc(CCCCCC)c(C)s3)c3nsnc23)sc1C. The molecule has 0 amide bonds. The molecule has 0 atom stereocenters. The van der Waals surface area contributed by atoms with Gasteiger partial charge in [0, 0.05) is 30.6 Å². The lowest BCUT2D eigenvalue weighted by Crippen LogP contribution is -1.86. The second kappa shape index (κ2) is 11.7. The molecule has 0 N–H and O–H groups in total. The molecule has 4 rings (SSSR count). The molecule has 5 heteroatoms. The van der Waals surface area contributed by atoms with E-state index in [0.717, 1.165) is 11.0 Å². The molecule has 0 aliphatic heterocycles. The monoisotopic (exact) mass is 496 g/mol. The first-order chi connectivity index (χ1) is 16.1. The molecule has 0 aliphatic rings. The third-order valence-corrected chi connectivity index (χ3v) is 9.37. The predicted octanol–water partition coefficient (Wildman–Crippen LogP) is 10.0. The zero-order chi connectivity index (χ0) is 23.2. The Kier molecular flexibility index (Phi) is 8.72. The first-order valence-corrected chi connectivity index (χ1v) is 14.9. The average molecular weight is 497 g/mol. The van der Waals surface area contributed by atoms with E-state index in [-0.39, 0.29) is 0 Å². The van der Waals surface area contributed by atoms with Crippen LogP contribution < -0.4 is 0 Å². The van der Waals surface area contributed by atoms with Crippen molar-refractivity contribution in [3.63, 3.8) is 0 Å². The third kappa shape index (κ3) is 5.75. The highest BCUT2D eigenvalue weighted by molar-refractivity contribution is 7.16. The Morgan fingerprint density at radius 3 is 1.52 bits per heavy atom. The van der Waals surface area contributed by atoms with Crippen LogP contribution >= 0.6 is 34.4 Å². The molecular weight excluding hydrogens is 461 g/mol. The first-order valence-electron chi connectivity index (χ1n) is 12.6. The van der Waals surface area contributed by atoms with Crippen molar-refractivity contribution in [3.8, 4) is 20.9 Å². The summed E-state index contributed by atoms with van der Waals surface area (Å²) in [5, 5.41) is 0. The summed E-state index contributed by atoms with van der Waals surface area (Å²) in [6.45, 7) is 9.09. The second-order valence-electron chi connectivity index (χ2n) is 9.13. The number of benzene rings is 1. The molecule has 0 aliphatic carbocycles. The molecule has 0 spiro atoms. The molecule has 0 saturated carbocycles. The van der Waals surface area contributed by atoms with Gasteiger partial charge in [0.1, 0.15) is 11.0 Å². The minimum Gasteiger partial charge on any atom is -0.172 e. The van der Waals surface area contributed by atoms with Gasteiger partial charge in [-0.1, -0.05) is 64.5 Å². The quantitative estimate of drug-likeness (QED) is 0.182. The highest BCUT2D eigenvalue weighted by atomic mass is 32.1. The molecule has 0 radical (unpaired) electrons. The number of aromatic nitrogens is 2. The van der Waals surface area contributed by atoms with Crippen LogP contribution in [0.4, 0.5) is 0 Å². The summed E-state index contributed by atoms with van der Waals surface area (Å²) in [7, 11) is 0. The summed E-state index contributed by atoms with van der Waals surface area (Å²) in [6.07, 6.45) is 12.9. The van der Waals surface area contributed by atoms with E-state index in [1.165, 1.54) is 118 Å². The normalized spacial score (nSPS) is 11.6. The second-order valence-corrected chi connectivity index (χ2v) is 12.2. The molecule has 0 bridgehead atoms. The third-order valence-electron chi connectivity index (χ3n) is 6.59. The van der Waals surface area contributed by atoms with E-state index < -0.39 is 0 Å². The molecule has 1 aromatic carbocycles. The number of rotatable bonds is 12. The van der Waals surface area contributed by atoms with E-state index in [1.807, 2.05) is 22.7 Å². The Bertz CT molecular complexity index is 1090. The van der Waals surface area contributed by atoms with E-state index in [2.05, 4.69) is 52.0 Å². The maximum Gasteiger partial charge on any atom is 0.114 e. The molecule has 0 saturated heterocycles. The minimum atomic E-state index is 1.06. The van der Waals surface area contributed by atoms with Gasteiger partial charge in [0.2, 0.25) is 0 Å². The number of fused-ring (bicyclic) bond motifs is 1. The number of hydrogen-bond acceptors (Lipinski definition) is 5. The fraction of sp³-hybridized carbons (Fsp3) is 0.500. The van der Waals surface area contributed by atoms with Gasteiger partial charge in [0.25, 0.3) is 0 Å². The van der Waals surface area contributed by atoms with Crippen molar-refractivity contribution < 1.29 is 0 Å². The van der Waals surface area contributed by atoms with Crippen LogP contribution in [0, 0.1) is 13.8 Å². The topological polar surface area (TPSA) is 25.8 Å². The lowest BCUT2D eigenvalue weighted by molar-refractivity contribution is 0.666. The first kappa shape index (κ1) is 24.6. The lowest BCUT2D eigenvalue weighted by atomic mass is 10.0. The molecule has 0 fully saturated rings. The van der Waals surface area contributed by atoms with Gasteiger partial charge in [-0.3, -0.25) is 0 Å². The Balaban J connectivity index is 1.59. The number of hydrogen-bond donors (Lipinski definition) is 0. The Morgan fingerprint density at radius 2 is 1.09 bits per heavy atom. The zero-order valence-corrected chi connectivity index (χ0v) is 22.9.